The van der Waals surface area contributed by atoms with E-state index < -0.39 is 5.91 Å². The monoisotopic (exact) mass is 523 g/mol. The fourth-order valence-electron chi connectivity index (χ4n) is 3.29. The van der Waals surface area contributed by atoms with Gasteiger partial charge in [-0.1, -0.05) is 23.7 Å². The van der Waals surface area contributed by atoms with E-state index >= 15 is 0 Å². The molecule has 0 aliphatic heterocycles. The van der Waals surface area contributed by atoms with Gasteiger partial charge >= 0.3 is 0 Å². The molecule has 0 heterocycles. The number of likely N-dealkylation sites (N-methyl/N-ethyl adjacent to an activating group) is 1. The Hall–Kier alpha value is -4.57. The highest BCUT2D eigenvalue weighted by Gasteiger charge is 2.16. The molecular weight excluding hydrogens is 498 g/mol. The van der Waals surface area contributed by atoms with E-state index in [1.54, 1.807) is 54.6 Å². The number of rotatable bonds is 12. The summed E-state index contributed by atoms with van der Waals surface area (Å²) in [5.41, 5.74) is 7.97. The van der Waals surface area contributed by atoms with E-state index in [-0.39, 0.29) is 31.5 Å². The summed E-state index contributed by atoms with van der Waals surface area (Å²) in [6.45, 7) is -0.218. The number of halogens is 1. The molecule has 10 nitrogen and oxygen atoms in total. The molecule has 37 heavy (non-hydrogen) atoms. The Bertz CT molecular complexity index is 1300. The molecule has 2 amide bonds. The molecule has 3 rings (SSSR count). The number of hydrogen-bond donors (Lipinski definition) is 5. The zero-order valence-corrected chi connectivity index (χ0v) is 20.7. The number of ether oxygens (including phenoxy) is 2. The molecule has 0 saturated carbocycles. The molecule has 192 valence electrons. The standard InChI is InChI=1S/C26H26ClN5O5/c1-30-23(34)15-37-22-4-2-3-17(24(22)36-12-11-33)14-31-21-10-7-18(27)13-20(21)26(35)32-19-8-5-16(6-9-19)25(28)29/h2-11,13,31H,12,14-15H2,1H3,(H3,28,29)(H,30,34)(H,32,35). The maximum Gasteiger partial charge on any atom is 0.257 e. The number of nitrogens with two attached hydrogens (primary N) is 1. The predicted molar refractivity (Wildman–Crippen MR) is 142 cm³/mol. The maximum absolute atomic E-state index is 13.1. The van der Waals surface area contributed by atoms with Crippen molar-refractivity contribution < 1.29 is 23.9 Å². The quantitative estimate of drug-likeness (QED) is 0.139. The summed E-state index contributed by atoms with van der Waals surface area (Å²) in [5.74, 6) is -0.193. The van der Waals surface area contributed by atoms with Gasteiger partial charge in [-0.3, -0.25) is 19.8 Å². The highest BCUT2D eigenvalue weighted by Crippen LogP contribution is 2.32. The Morgan fingerprint density at radius 3 is 2.51 bits per heavy atom. The molecule has 0 aromatic heterocycles. The molecule has 0 spiro atoms. The summed E-state index contributed by atoms with van der Waals surface area (Å²) in [4.78, 5) is 35.6. The first-order valence-electron chi connectivity index (χ1n) is 11.1. The van der Waals surface area contributed by atoms with Crippen molar-refractivity contribution in [2.24, 2.45) is 5.73 Å². The molecule has 3 aromatic rings. The summed E-state index contributed by atoms with van der Waals surface area (Å²) >= 11 is 6.16. The molecule has 11 heteroatoms. The van der Waals surface area contributed by atoms with E-state index in [0.717, 1.165) is 0 Å². The van der Waals surface area contributed by atoms with Gasteiger partial charge in [-0.25, -0.2) is 0 Å². The number of hydrogen-bond acceptors (Lipinski definition) is 7. The Kier molecular flexibility index (Phi) is 9.45. The number of carbonyl (C=O) groups excluding carboxylic acids is 3. The van der Waals surface area contributed by atoms with Gasteiger partial charge in [0.25, 0.3) is 11.8 Å². The average Bonchev–Trinajstić information content (AvgIpc) is 2.90. The fraction of sp³-hybridized carbons (Fsp3) is 0.154. The molecule has 3 aromatic carbocycles. The van der Waals surface area contributed by atoms with Gasteiger partial charge in [-0.2, -0.15) is 0 Å². The van der Waals surface area contributed by atoms with Gasteiger partial charge in [-0.15, -0.1) is 0 Å². The van der Waals surface area contributed by atoms with Crippen LogP contribution in [0.2, 0.25) is 5.02 Å². The van der Waals surface area contributed by atoms with Crippen molar-refractivity contribution in [3.8, 4) is 11.5 Å². The molecule has 0 radical (unpaired) electrons. The van der Waals surface area contributed by atoms with Crippen molar-refractivity contribution >= 4 is 46.9 Å². The van der Waals surface area contributed by atoms with Crippen molar-refractivity contribution in [1.29, 1.82) is 5.41 Å². The largest absolute Gasteiger partial charge is 0.482 e. The third-order valence-electron chi connectivity index (χ3n) is 5.14. The zero-order chi connectivity index (χ0) is 26.8. The van der Waals surface area contributed by atoms with Crippen LogP contribution in [0, 0.1) is 5.41 Å². The highest BCUT2D eigenvalue weighted by molar-refractivity contribution is 6.31. The summed E-state index contributed by atoms with van der Waals surface area (Å²) in [5, 5.41) is 16.3. The third kappa shape index (κ3) is 7.45. The first-order valence-corrected chi connectivity index (χ1v) is 11.5. The lowest BCUT2D eigenvalue weighted by atomic mass is 10.1. The zero-order valence-electron chi connectivity index (χ0n) is 20.0. The normalized spacial score (nSPS) is 10.2. The first-order chi connectivity index (χ1) is 17.8. The summed E-state index contributed by atoms with van der Waals surface area (Å²) < 4.78 is 11.1. The molecular formula is C26H26ClN5O5. The molecule has 0 unspecified atom stereocenters. The molecule has 0 fully saturated rings. The topological polar surface area (TPSA) is 156 Å². The Balaban J connectivity index is 1.81. The van der Waals surface area contributed by atoms with E-state index in [1.807, 2.05) is 0 Å². The summed E-state index contributed by atoms with van der Waals surface area (Å²) in [6.07, 6.45) is 0.608. The first kappa shape index (κ1) is 27.0. The van der Waals surface area contributed by atoms with Gasteiger partial charge in [0.15, 0.2) is 24.4 Å². The van der Waals surface area contributed by atoms with Crippen LogP contribution in [-0.4, -0.2) is 44.2 Å². The van der Waals surface area contributed by atoms with E-state index in [0.29, 0.717) is 50.9 Å². The van der Waals surface area contributed by atoms with Crippen molar-refractivity contribution in [1.82, 2.24) is 5.32 Å². The lowest BCUT2D eigenvalue weighted by molar-refractivity contribution is -0.122. The lowest BCUT2D eigenvalue weighted by Crippen LogP contribution is -2.25. The van der Waals surface area contributed by atoms with Crippen LogP contribution >= 0.6 is 11.6 Å². The number of amidine groups is 1. The molecule has 6 N–H and O–H groups in total. The van der Waals surface area contributed by atoms with Gasteiger partial charge in [-0.05, 0) is 48.5 Å². The fourth-order valence-corrected chi connectivity index (χ4v) is 3.46. The van der Waals surface area contributed by atoms with Gasteiger partial charge in [0, 0.05) is 41.1 Å². The molecule has 0 aliphatic rings. The third-order valence-corrected chi connectivity index (χ3v) is 5.38. The van der Waals surface area contributed by atoms with Crippen LogP contribution in [0.25, 0.3) is 0 Å². The van der Waals surface area contributed by atoms with Crippen LogP contribution in [0.3, 0.4) is 0 Å². The number of aldehydes is 1. The van der Waals surface area contributed by atoms with E-state index in [9.17, 15) is 14.4 Å². The number of para-hydroxylation sites is 1. The van der Waals surface area contributed by atoms with Crippen LogP contribution in [0.1, 0.15) is 21.5 Å². The van der Waals surface area contributed by atoms with E-state index in [1.165, 1.54) is 13.1 Å². The molecule has 0 saturated heterocycles. The second-order valence-electron chi connectivity index (χ2n) is 7.67. The minimum Gasteiger partial charge on any atom is -0.482 e. The summed E-state index contributed by atoms with van der Waals surface area (Å²) in [6, 6.07) is 16.5. The molecule has 0 atom stereocenters. The minimum atomic E-state index is -0.402. The van der Waals surface area contributed by atoms with E-state index in [2.05, 4.69) is 16.0 Å². The van der Waals surface area contributed by atoms with Crippen LogP contribution in [0.5, 0.6) is 11.5 Å². The highest BCUT2D eigenvalue weighted by atomic mass is 35.5. The number of anilines is 2. The maximum atomic E-state index is 13.1. The Labute approximate surface area is 218 Å². The van der Waals surface area contributed by atoms with Crippen molar-refractivity contribution in [2.75, 3.05) is 30.9 Å². The van der Waals surface area contributed by atoms with Crippen LogP contribution in [-0.2, 0) is 16.1 Å². The number of benzene rings is 3. The second kappa shape index (κ2) is 12.9. The Morgan fingerprint density at radius 2 is 1.84 bits per heavy atom. The number of nitrogen functional groups attached to an aromatic ring is 1. The Morgan fingerprint density at radius 1 is 1.08 bits per heavy atom. The second-order valence-corrected chi connectivity index (χ2v) is 8.11. The number of carbonyl (C=O) groups is 3. The predicted octanol–water partition coefficient (Wildman–Crippen LogP) is 3.19. The van der Waals surface area contributed by atoms with Gasteiger partial charge in [0.2, 0.25) is 0 Å². The van der Waals surface area contributed by atoms with Gasteiger partial charge in [0.05, 0.1) is 5.56 Å². The van der Waals surface area contributed by atoms with E-state index in [4.69, 9.17) is 32.2 Å². The van der Waals surface area contributed by atoms with Gasteiger partial charge < -0.3 is 31.2 Å². The molecule has 0 aliphatic carbocycles. The van der Waals surface area contributed by atoms with Crippen LogP contribution in [0.4, 0.5) is 11.4 Å². The van der Waals surface area contributed by atoms with Crippen molar-refractivity contribution in [3.05, 3.63) is 82.4 Å². The van der Waals surface area contributed by atoms with Gasteiger partial charge in [0.1, 0.15) is 12.4 Å². The number of amides is 2. The van der Waals surface area contributed by atoms with Crippen molar-refractivity contribution in [3.63, 3.8) is 0 Å². The van der Waals surface area contributed by atoms with Crippen LogP contribution in [0.15, 0.2) is 60.7 Å². The SMILES string of the molecule is CNC(=O)COc1cccc(CNc2ccc(Cl)cc2C(=O)Nc2ccc(C(=N)N)cc2)c1OCC=O. The average molecular weight is 524 g/mol. The minimum absolute atomic E-state index is 0.0706. The lowest BCUT2D eigenvalue weighted by Gasteiger charge is -2.17. The smallest absolute Gasteiger partial charge is 0.257 e. The number of nitrogens with one attached hydrogen (secondary N) is 4. The van der Waals surface area contributed by atoms with Crippen LogP contribution < -0.4 is 31.2 Å². The van der Waals surface area contributed by atoms with Crippen molar-refractivity contribution in [2.45, 2.75) is 6.54 Å². The summed E-state index contributed by atoms with van der Waals surface area (Å²) in [7, 11) is 1.50. The molecule has 0 bridgehead atoms.